The molecule has 4 heteroatoms. The van der Waals surface area contributed by atoms with Crippen molar-refractivity contribution < 1.29 is 9.90 Å². The number of primary amides is 1. The molecule has 2 rings (SSSR count). The smallest absolute Gasteiger partial charge is 0.271 e. The van der Waals surface area contributed by atoms with Crippen LogP contribution in [0, 0.1) is 5.41 Å². The van der Waals surface area contributed by atoms with Gasteiger partial charge in [-0.3, -0.25) is 4.79 Å². The van der Waals surface area contributed by atoms with Crippen molar-refractivity contribution in [3.05, 3.63) is 23.5 Å². The number of carbonyl (C=O) groups is 1. The number of nitrogens with zero attached hydrogens (tertiary/aromatic N) is 1. The monoisotopic (exact) mass is 220 g/mol. The van der Waals surface area contributed by atoms with Gasteiger partial charge in [-0.25, -0.2) is 4.98 Å². The van der Waals surface area contributed by atoms with Crippen molar-refractivity contribution in [2.24, 2.45) is 11.1 Å². The third-order valence-electron chi connectivity index (χ3n) is 3.58. The van der Waals surface area contributed by atoms with Crippen molar-refractivity contribution in [3.63, 3.8) is 0 Å². The summed E-state index contributed by atoms with van der Waals surface area (Å²) in [6.45, 7) is 4.32. The summed E-state index contributed by atoms with van der Waals surface area (Å²) in [5.41, 5.74) is 6.09. The van der Waals surface area contributed by atoms with Crippen molar-refractivity contribution in [2.75, 3.05) is 0 Å². The highest BCUT2D eigenvalue weighted by molar-refractivity contribution is 5.93. The average molecular weight is 220 g/mol. The molecule has 3 N–H and O–H groups in total. The summed E-state index contributed by atoms with van der Waals surface area (Å²) >= 11 is 0. The Hall–Kier alpha value is -1.58. The molecule has 1 heterocycles. The van der Waals surface area contributed by atoms with Crippen LogP contribution in [0.15, 0.2) is 12.3 Å². The summed E-state index contributed by atoms with van der Waals surface area (Å²) < 4.78 is 0. The highest BCUT2D eigenvalue weighted by Crippen LogP contribution is 2.54. The molecule has 1 amide bonds. The van der Waals surface area contributed by atoms with E-state index in [0.717, 1.165) is 18.4 Å². The maximum absolute atomic E-state index is 11.1. The summed E-state index contributed by atoms with van der Waals surface area (Å²) in [7, 11) is 0. The van der Waals surface area contributed by atoms with E-state index in [1.165, 1.54) is 6.20 Å². The van der Waals surface area contributed by atoms with Crippen LogP contribution < -0.4 is 5.73 Å². The normalized spacial score (nSPS) is 22.5. The van der Waals surface area contributed by atoms with E-state index in [1.807, 2.05) is 0 Å². The number of aromatic hydroxyl groups is 1. The van der Waals surface area contributed by atoms with Gasteiger partial charge < -0.3 is 10.8 Å². The highest BCUT2D eigenvalue weighted by atomic mass is 16.3. The maximum atomic E-state index is 11.1. The van der Waals surface area contributed by atoms with Crippen molar-refractivity contribution in [2.45, 2.75) is 32.6 Å². The van der Waals surface area contributed by atoms with Gasteiger partial charge in [0.25, 0.3) is 5.91 Å². The number of rotatable bonds is 2. The summed E-state index contributed by atoms with van der Waals surface area (Å²) in [4.78, 5) is 14.9. The van der Waals surface area contributed by atoms with Gasteiger partial charge in [-0.2, -0.15) is 0 Å². The lowest BCUT2D eigenvalue weighted by Gasteiger charge is -2.45. The van der Waals surface area contributed by atoms with E-state index in [0.29, 0.717) is 0 Å². The third kappa shape index (κ3) is 1.54. The molecule has 0 aliphatic heterocycles. The third-order valence-corrected chi connectivity index (χ3v) is 3.58. The fourth-order valence-electron chi connectivity index (χ4n) is 2.37. The molecule has 1 saturated carbocycles. The standard InChI is InChI=1S/C12H16N2O2/c1-12(2)5-3-8(12)7-4-6-14-9(10(7)15)11(13)16/h4,6,8,15H,3,5H2,1-2H3,(H2,13,16). The first-order chi connectivity index (χ1) is 7.43. The molecule has 0 bridgehead atoms. The van der Waals surface area contributed by atoms with Crippen LogP contribution in [0.5, 0.6) is 5.75 Å². The second-order valence-corrected chi connectivity index (χ2v) is 5.04. The van der Waals surface area contributed by atoms with Gasteiger partial charge in [0.1, 0.15) is 5.75 Å². The quantitative estimate of drug-likeness (QED) is 0.797. The Balaban J connectivity index is 2.43. The van der Waals surface area contributed by atoms with Gasteiger partial charge >= 0.3 is 0 Å². The van der Waals surface area contributed by atoms with E-state index < -0.39 is 5.91 Å². The number of nitrogens with two attached hydrogens (primary N) is 1. The number of hydrogen-bond acceptors (Lipinski definition) is 3. The van der Waals surface area contributed by atoms with Gasteiger partial charge in [-0.15, -0.1) is 0 Å². The maximum Gasteiger partial charge on any atom is 0.271 e. The predicted molar refractivity (Wildman–Crippen MR) is 60.2 cm³/mol. The number of amides is 1. The fourth-order valence-corrected chi connectivity index (χ4v) is 2.37. The topological polar surface area (TPSA) is 76.2 Å². The lowest BCUT2D eigenvalue weighted by molar-refractivity contribution is 0.0990. The number of pyridine rings is 1. The first-order valence-corrected chi connectivity index (χ1v) is 5.41. The van der Waals surface area contributed by atoms with Gasteiger partial charge in [0, 0.05) is 11.8 Å². The van der Waals surface area contributed by atoms with Crippen LogP contribution in [0.4, 0.5) is 0 Å². The molecule has 1 fully saturated rings. The minimum Gasteiger partial charge on any atom is -0.505 e. The van der Waals surface area contributed by atoms with Crippen LogP contribution in [0.1, 0.15) is 48.7 Å². The molecule has 4 nitrogen and oxygen atoms in total. The highest BCUT2D eigenvalue weighted by Gasteiger charge is 2.41. The lowest BCUT2D eigenvalue weighted by atomic mass is 9.60. The van der Waals surface area contributed by atoms with Crippen molar-refractivity contribution in [1.29, 1.82) is 0 Å². The molecule has 1 unspecified atom stereocenters. The van der Waals surface area contributed by atoms with Crippen molar-refractivity contribution >= 4 is 5.91 Å². The van der Waals surface area contributed by atoms with Crippen LogP contribution in [-0.2, 0) is 0 Å². The summed E-state index contributed by atoms with van der Waals surface area (Å²) in [6.07, 6.45) is 3.69. The van der Waals surface area contributed by atoms with Gasteiger partial charge in [0.05, 0.1) is 0 Å². The van der Waals surface area contributed by atoms with E-state index in [1.54, 1.807) is 6.07 Å². The molecular formula is C12H16N2O2. The Bertz CT molecular complexity index is 441. The van der Waals surface area contributed by atoms with E-state index >= 15 is 0 Å². The molecule has 1 aliphatic carbocycles. The van der Waals surface area contributed by atoms with Crippen LogP contribution in [0.25, 0.3) is 0 Å². The average Bonchev–Trinajstić information content (AvgIpc) is 2.19. The Labute approximate surface area is 94.5 Å². The Kier molecular flexibility index (Phi) is 2.37. The molecule has 1 aromatic heterocycles. The predicted octanol–water partition coefficient (Wildman–Crippen LogP) is 1.79. The SMILES string of the molecule is CC1(C)CCC1c1ccnc(C(N)=O)c1O. The largest absolute Gasteiger partial charge is 0.505 e. The van der Waals surface area contributed by atoms with E-state index in [-0.39, 0.29) is 22.8 Å². The minimum absolute atomic E-state index is 0.0276. The fraction of sp³-hybridized carbons (Fsp3) is 0.500. The van der Waals surface area contributed by atoms with Gasteiger partial charge in [0.15, 0.2) is 5.69 Å². The lowest BCUT2D eigenvalue weighted by Crippen LogP contribution is -2.32. The van der Waals surface area contributed by atoms with Gasteiger partial charge in [-0.1, -0.05) is 13.8 Å². The second-order valence-electron chi connectivity index (χ2n) is 5.04. The molecule has 0 aromatic carbocycles. The van der Waals surface area contributed by atoms with Crippen LogP contribution >= 0.6 is 0 Å². The molecule has 1 aromatic rings. The Morgan fingerprint density at radius 2 is 2.31 bits per heavy atom. The Morgan fingerprint density at radius 1 is 1.62 bits per heavy atom. The molecule has 0 spiro atoms. The second kappa shape index (κ2) is 3.47. The van der Waals surface area contributed by atoms with Crippen molar-refractivity contribution in [3.8, 4) is 5.75 Å². The molecule has 1 aliphatic rings. The van der Waals surface area contributed by atoms with Crippen LogP contribution in [0.2, 0.25) is 0 Å². The molecule has 1 atom stereocenters. The molecule has 16 heavy (non-hydrogen) atoms. The summed E-state index contributed by atoms with van der Waals surface area (Å²) in [5, 5.41) is 9.96. The van der Waals surface area contributed by atoms with E-state index in [2.05, 4.69) is 18.8 Å². The number of hydrogen-bond donors (Lipinski definition) is 2. The molecule has 0 radical (unpaired) electrons. The van der Waals surface area contributed by atoms with E-state index in [9.17, 15) is 9.90 Å². The zero-order valence-electron chi connectivity index (χ0n) is 9.53. The molecular weight excluding hydrogens is 204 g/mol. The minimum atomic E-state index is -0.684. The first-order valence-electron chi connectivity index (χ1n) is 5.41. The Morgan fingerprint density at radius 3 is 2.75 bits per heavy atom. The zero-order chi connectivity index (χ0) is 11.9. The van der Waals surface area contributed by atoms with Crippen LogP contribution in [-0.4, -0.2) is 16.0 Å². The molecule has 0 saturated heterocycles. The number of carbonyl (C=O) groups excluding carboxylic acids is 1. The first kappa shape index (κ1) is 10.9. The van der Waals surface area contributed by atoms with E-state index in [4.69, 9.17) is 5.73 Å². The summed E-state index contributed by atoms with van der Waals surface area (Å²) in [6, 6.07) is 1.77. The zero-order valence-corrected chi connectivity index (χ0v) is 9.53. The van der Waals surface area contributed by atoms with Gasteiger partial charge in [-0.05, 0) is 30.2 Å². The van der Waals surface area contributed by atoms with Gasteiger partial charge in [0.2, 0.25) is 0 Å². The van der Waals surface area contributed by atoms with Crippen LogP contribution in [0.3, 0.4) is 0 Å². The summed E-state index contributed by atoms with van der Waals surface area (Å²) in [5.74, 6) is -0.446. The molecule has 86 valence electrons. The van der Waals surface area contributed by atoms with Crippen molar-refractivity contribution in [1.82, 2.24) is 4.98 Å². The number of aromatic nitrogens is 1.